The molecule has 0 spiro atoms. The van der Waals surface area contributed by atoms with Crippen LogP contribution >= 0.6 is 11.3 Å². The lowest BCUT2D eigenvalue weighted by Crippen LogP contribution is -2.17. The first kappa shape index (κ1) is 26.1. The highest BCUT2D eigenvalue weighted by atomic mass is 32.1. The Morgan fingerprint density at radius 3 is 2.28 bits per heavy atom. The number of nitrogens with one attached hydrogen (secondary N) is 1. The van der Waals surface area contributed by atoms with E-state index in [2.05, 4.69) is 5.32 Å². The van der Waals surface area contributed by atoms with Crippen LogP contribution in [0.4, 0.5) is 5.00 Å². The highest BCUT2D eigenvalue weighted by molar-refractivity contribution is 7.15. The topological polar surface area (TPSA) is 77.5 Å². The number of amides is 1. The van der Waals surface area contributed by atoms with E-state index in [4.69, 9.17) is 14.5 Å². The third-order valence-corrected chi connectivity index (χ3v) is 7.48. The van der Waals surface area contributed by atoms with Gasteiger partial charge in [0, 0.05) is 21.9 Å². The number of esters is 1. The molecule has 0 aliphatic rings. The SMILES string of the molecule is CCOC(=O)c1c(-c2ccc(C)cc2)csc1NC(=O)c1c(C)c(-c2ccc(OC)cc2)nc2ccccc12. The minimum Gasteiger partial charge on any atom is -0.497 e. The van der Waals surface area contributed by atoms with Crippen molar-refractivity contribution in [3.8, 4) is 28.1 Å². The lowest BCUT2D eigenvalue weighted by atomic mass is 9.97. The second-order valence-electron chi connectivity index (χ2n) is 9.10. The molecule has 0 radical (unpaired) electrons. The molecular weight excluding hydrogens is 508 g/mol. The van der Waals surface area contributed by atoms with Crippen LogP contribution < -0.4 is 10.1 Å². The zero-order valence-corrected chi connectivity index (χ0v) is 23.0. The molecule has 0 aliphatic heterocycles. The molecule has 3 aromatic carbocycles. The Balaban J connectivity index is 1.60. The van der Waals surface area contributed by atoms with Crippen molar-refractivity contribution in [2.75, 3.05) is 19.0 Å². The number of pyridine rings is 1. The first-order valence-electron chi connectivity index (χ1n) is 12.6. The first-order valence-corrected chi connectivity index (χ1v) is 13.5. The smallest absolute Gasteiger partial charge is 0.341 e. The number of carbonyl (C=O) groups excluding carboxylic acids is 2. The van der Waals surface area contributed by atoms with Gasteiger partial charge in [-0.3, -0.25) is 4.79 Å². The number of aryl methyl sites for hydroxylation is 1. The van der Waals surface area contributed by atoms with Gasteiger partial charge >= 0.3 is 5.97 Å². The van der Waals surface area contributed by atoms with Gasteiger partial charge in [0.15, 0.2) is 0 Å². The van der Waals surface area contributed by atoms with E-state index in [0.29, 0.717) is 27.3 Å². The number of anilines is 1. The van der Waals surface area contributed by atoms with Crippen LogP contribution in [0.15, 0.2) is 78.2 Å². The van der Waals surface area contributed by atoms with Gasteiger partial charge in [0.25, 0.3) is 5.91 Å². The zero-order chi connectivity index (χ0) is 27.5. The Morgan fingerprint density at radius 2 is 1.59 bits per heavy atom. The van der Waals surface area contributed by atoms with Gasteiger partial charge in [-0.25, -0.2) is 9.78 Å². The Kier molecular flexibility index (Phi) is 7.43. The zero-order valence-electron chi connectivity index (χ0n) is 22.2. The molecule has 6 nitrogen and oxygen atoms in total. The molecule has 2 aromatic heterocycles. The maximum Gasteiger partial charge on any atom is 0.341 e. The lowest BCUT2D eigenvalue weighted by Gasteiger charge is -2.15. The quantitative estimate of drug-likeness (QED) is 0.216. The largest absolute Gasteiger partial charge is 0.497 e. The summed E-state index contributed by atoms with van der Waals surface area (Å²) in [4.78, 5) is 31.9. The van der Waals surface area contributed by atoms with Gasteiger partial charge in [-0.05, 0) is 62.2 Å². The van der Waals surface area contributed by atoms with E-state index in [-0.39, 0.29) is 12.5 Å². The number of ether oxygens (including phenoxy) is 2. The summed E-state index contributed by atoms with van der Waals surface area (Å²) < 4.78 is 10.7. The molecular formula is C32H28N2O4S. The van der Waals surface area contributed by atoms with Gasteiger partial charge in [-0.2, -0.15) is 0 Å². The average molecular weight is 537 g/mol. The van der Waals surface area contributed by atoms with Crippen molar-refractivity contribution in [3.05, 3.63) is 100 Å². The summed E-state index contributed by atoms with van der Waals surface area (Å²) in [6.45, 7) is 5.90. The molecule has 0 aliphatic carbocycles. The molecule has 0 unspecified atom stereocenters. The minimum atomic E-state index is -0.472. The maximum atomic E-state index is 14.0. The summed E-state index contributed by atoms with van der Waals surface area (Å²) in [6.07, 6.45) is 0. The van der Waals surface area contributed by atoms with Gasteiger partial charge in [-0.1, -0.05) is 48.0 Å². The molecule has 0 fully saturated rings. The van der Waals surface area contributed by atoms with Gasteiger partial charge < -0.3 is 14.8 Å². The molecule has 1 amide bonds. The van der Waals surface area contributed by atoms with Gasteiger partial charge in [0.2, 0.25) is 0 Å². The number of hydrogen-bond donors (Lipinski definition) is 1. The van der Waals surface area contributed by atoms with Gasteiger partial charge in [-0.15, -0.1) is 11.3 Å². The molecule has 5 aromatic rings. The van der Waals surface area contributed by atoms with E-state index in [0.717, 1.165) is 39.0 Å². The first-order chi connectivity index (χ1) is 18.9. The number of fused-ring (bicyclic) bond motifs is 1. The predicted octanol–water partition coefficient (Wildman–Crippen LogP) is 7.68. The van der Waals surface area contributed by atoms with Crippen molar-refractivity contribution in [3.63, 3.8) is 0 Å². The number of para-hydroxylation sites is 1. The number of aromatic nitrogens is 1. The highest BCUT2D eigenvalue weighted by Gasteiger charge is 2.25. The summed E-state index contributed by atoms with van der Waals surface area (Å²) in [5.74, 6) is -0.0488. The van der Waals surface area contributed by atoms with Crippen molar-refractivity contribution in [2.45, 2.75) is 20.8 Å². The highest BCUT2D eigenvalue weighted by Crippen LogP contribution is 2.38. The van der Waals surface area contributed by atoms with E-state index >= 15 is 0 Å². The second kappa shape index (κ2) is 11.1. The normalized spacial score (nSPS) is 10.9. The molecule has 1 N–H and O–H groups in total. The Bertz CT molecular complexity index is 1670. The van der Waals surface area contributed by atoms with E-state index < -0.39 is 5.97 Å². The number of methoxy groups -OCH3 is 1. The summed E-state index contributed by atoms with van der Waals surface area (Å²) in [7, 11) is 1.62. The van der Waals surface area contributed by atoms with Crippen LogP contribution in [-0.4, -0.2) is 30.6 Å². The molecule has 5 rings (SSSR count). The number of hydrogen-bond acceptors (Lipinski definition) is 6. The Hall–Kier alpha value is -4.49. The van der Waals surface area contributed by atoms with E-state index in [1.54, 1.807) is 14.0 Å². The fraction of sp³-hybridized carbons (Fsp3) is 0.156. The van der Waals surface area contributed by atoms with Crippen LogP contribution in [0.25, 0.3) is 33.3 Å². The standard InChI is InChI=1S/C32H28N2O4S/c1-5-38-32(36)28-25(21-12-10-19(2)11-13-21)18-39-31(28)34-30(35)27-20(3)29(22-14-16-23(37-4)17-15-22)33-26-9-7-6-8-24(26)27/h6-18H,5H2,1-4H3,(H,34,35). The van der Waals surface area contributed by atoms with Crippen molar-refractivity contribution < 1.29 is 19.1 Å². The van der Waals surface area contributed by atoms with Crippen LogP contribution in [0.5, 0.6) is 5.75 Å². The molecule has 2 heterocycles. The Labute approximate surface area is 231 Å². The molecule has 0 saturated carbocycles. The molecule has 196 valence electrons. The van der Waals surface area contributed by atoms with Crippen molar-refractivity contribution >= 4 is 39.1 Å². The van der Waals surface area contributed by atoms with Crippen molar-refractivity contribution in [1.82, 2.24) is 4.98 Å². The average Bonchev–Trinajstić information content (AvgIpc) is 3.36. The van der Waals surface area contributed by atoms with E-state index in [1.807, 2.05) is 92.0 Å². The van der Waals surface area contributed by atoms with E-state index in [9.17, 15) is 9.59 Å². The Morgan fingerprint density at radius 1 is 0.897 bits per heavy atom. The fourth-order valence-electron chi connectivity index (χ4n) is 4.60. The number of thiophene rings is 1. The third-order valence-electron chi connectivity index (χ3n) is 6.59. The summed E-state index contributed by atoms with van der Waals surface area (Å²) in [6, 6.07) is 23.1. The monoisotopic (exact) mass is 536 g/mol. The van der Waals surface area contributed by atoms with Crippen molar-refractivity contribution in [2.24, 2.45) is 0 Å². The molecule has 7 heteroatoms. The number of nitrogens with zero attached hydrogens (tertiary/aromatic N) is 1. The van der Waals surface area contributed by atoms with Crippen LogP contribution in [0.1, 0.15) is 38.8 Å². The van der Waals surface area contributed by atoms with Gasteiger partial charge in [0.1, 0.15) is 16.3 Å². The maximum absolute atomic E-state index is 14.0. The van der Waals surface area contributed by atoms with Crippen LogP contribution in [0.3, 0.4) is 0 Å². The molecule has 39 heavy (non-hydrogen) atoms. The number of carbonyl (C=O) groups is 2. The summed E-state index contributed by atoms with van der Waals surface area (Å²) >= 11 is 1.31. The number of rotatable bonds is 7. The third kappa shape index (κ3) is 5.13. The molecule has 0 saturated heterocycles. The van der Waals surface area contributed by atoms with Crippen molar-refractivity contribution in [1.29, 1.82) is 0 Å². The van der Waals surface area contributed by atoms with E-state index in [1.165, 1.54) is 11.3 Å². The lowest BCUT2D eigenvalue weighted by molar-refractivity contribution is 0.0529. The molecule has 0 bridgehead atoms. The minimum absolute atomic E-state index is 0.231. The molecule has 0 atom stereocenters. The fourth-order valence-corrected chi connectivity index (χ4v) is 5.55. The van der Waals surface area contributed by atoms with Crippen LogP contribution in [-0.2, 0) is 4.74 Å². The summed E-state index contributed by atoms with van der Waals surface area (Å²) in [5, 5.41) is 6.09. The second-order valence-corrected chi connectivity index (χ2v) is 9.98. The van der Waals surface area contributed by atoms with Crippen LogP contribution in [0.2, 0.25) is 0 Å². The summed E-state index contributed by atoms with van der Waals surface area (Å²) in [5.41, 5.74) is 6.61. The predicted molar refractivity (Wildman–Crippen MR) is 157 cm³/mol. The van der Waals surface area contributed by atoms with Gasteiger partial charge in [0.05, 0.1) is 30.5 Å². The number of benzene rings is 3. The van der Waals surface area contributed by atoms with Crippen LogP contribution in [0, 0.1) is 13.8 Å².